The van der Waals surface area contributed by atoms with E-state index in [0.717, 1.165) is 11.3 Å². The molecule has 1 N–H and O–H groups in total. The van der Waals surface area contributed by atoms with E-state index in [1.54, 1.807) is 18.4 Å². The molecule has 0 fully saturated rings. The van der Waals surface area contributed by atoms with Crippen molar-refractivity contribution in [1.82, 2.24) is 5.32 Å². The Balaban J connectivity index is 1.73. The molecule has 0 radical (unpaired) electrons. The van der Waals surface area contributed by atoms with E-state index < -0.39 is 0 Å². The summed E-state index contributed by atoms with van der Waals surface area (Å²) >= 11 is 5.98. The number of halogens is 1. The third-order valence-electron chi connectivity index (χ3n) is 2.72. The highest BCUT2D eigenvalue weighted by atomic mass is 35.5. The molecule has 1 aromatic heterocycles. The lowest BCUT2D eigenvalue weighted by Crippen LogP contribution is -2.30. The third kappa shape index (κ3) is 4.31. The first-order valence-corrected chi connectivity index (χ1v) is 6.71. The van der Waals surface area contributed by atoms with Gasteiger partial charge in [-0.25, -0.2) is 0 Å². The van der Waals surface area contributed by atoms with E-state index >= 15 is 0 Å². The fourth-order valence-electron chi connectivity index (χ4n) is 1.70. The van der Waals surface area contributed by atoms with Crippen molar-refractivity contribution in [3.8, 4) is 5.75 Å². The summed E-state index contributed by atoms with van der Waals surface area (Å²) in [5.41, 5.74) is 1.03. The van der Waals surface area contributed by atoms with Crippen molar-refractivity contribution < 1.29 is 13.9 Å². The molecule has 2 aromatic rings. The maximum absolute atomic E-state index is 11.6. The van der Waals surface area contributed by atoms with Gasteiger partial charge in [0.1, 0.15) is 11.5 Å². The maximum Gasteiger partial charge on any atom is 0.257 e. The van der Waals surface area contributed by atoms with Crippen LogP contribution in [-0.2, 0) is 11.2 Å². The Labute approximate surface area is 122 Å². The van der Waals surface area contributed by atoms with Crippen molar-refractivity contribution in [1.29, 1.82) is 0 Å². The number of carbonyl (C=O) groups is 1. The summed E-state index contributed by atoms with van der Waals surface area (Å²) in [5, 5.41) is 3.26. The summed E-state index contributed by atoms with van der Waals surface area (Å²) in [7, 11) is 0. The molecule has 0 aliphatic rings. The summed E-state index contributed by atoms with van der Waals surface area (Å²) < 4.78 is 10.6. The average Bonchev–Trinajstić information content (AvgIpc) is 2.93. The van der Waals surface area contributed by atoms with Crippen LogP contribution < -0.4 is 10.1 Å². The number of carbonyl (C=O) groups excluding carboxylic acids is 1. The minimum atomic E-state index is -0.186. The maximum atomic E-state index is 11.6. The lowest BCUT2D eigenvalue weighted by Gasteiger charge is -2.09. The number of hydrogen-bond donors (Lipinski definition) is 1. The normalized spacial score (nSPS) is 10.3. The molecule has 0 unspecified atom stereocenters. The highest BCUT2D eigenvalue weighted by Crippen LogP contribution is 2.24. The Morgan fingerprint density at radius 1 is 1.40 bits per heavy atom. The van der Waals surface area contributed by atoms with Crippen molar-refractivity contribution in [3.05, 3.63) is 52.9 Å². The molecule has 4 nitrogen and oxygen atoms in total. The summed E-state index contributed by atoms with van der Waals surface area (Å²) in [6.07, 6.45) is 2.27. The van der Waals surface area contributed by atoms with Crippen LogP contribution in [0.4, 0.5) is 0 Å². The minimum absolute atomic E-state index is 0.0542. The molecule has 106 valence electrons. The summed E-state index contributed by atoms with van der Waals surface area (Å²) in [6, 6.07) is 9.13. The van der Waals surface area contributed by atoms with Gasteiger partial charge in [-0.3, -0.25) is 4.79 Å². The van der Waals surface area contributed by atoms with Crippen LogP contribution in [0.3, 0.4) is 0 Å². The minimum Gasteiger partial charge on any atom is -0.482 e. The predicted octanol–water partition coefficient (Wildman–Crippen LogP) is 2.98. The summed E-state index contributed by atoms with van der Waals surface area (Å²) in [6.45, 7) is 2.39. The molecule has 0 spiro atoms. The van der Waals surface area contributed by atoms with Crippen LogP contribution >= 0.6 is 11.6 Å². The number of amides is 1. The smallest absolute Gasteiger partial charge is 0.257 e. The molecule has 0 atom stereocenters. The number of nitrogens with one attached hydrogen (secondary N) is 1. The number of benzene rings is 1. The summed E-state index contributed by atoms with van der Waals surface area (Å²) in [4.78, 5) is 11.6. The number of furan rings is 1. The molecule has 1 amide bonds. The van der Waals surface area contributed by atoms with Gasteiger partial charge in [-0.15, -0.1) is 0 Å². The van der Waals surface area contributed by atoms with Gasteiger partial charge >= 0.3 is 0 Å². The van der Waals surface area contributed by atoms with Crippen LogP contribution in [0.5, 0.6) is 5.75 Å². The lowest BCUT2D eigenvalue weighted by molar-refractivity contribution is -0.123. The molecule has 0 aliphatic heterocycles. The highest BCUT2D eigenvalue weighted by molar-refractivity contribution is 6.32. The number of ether oxygens (including phenoxy) is 1. The zero-order valence-electron chi connectivity index (χ0n) is 11.2. The molecule has 1 heterocycles. The van der Waals surface area contributed by atoms with Gasteiger partial charge in [0.05, 0.1) is 11.3 Å². The van der Waals surface area contributed by atoms with Crippen molar-refractivity contribution >= 4 is 17.5 Å². The Morgan fingerprint density at radius 3 is 3.00 bits per heavy atom. The number of aryl methyl sites for hydroxylation is 1. The highest BCUT2D eigenvalue weighted by Gasteiger charge is 2.06. The van der Waals surface area contributed by atoms with E-state index in [9.17, 15) is 4.79 Å². The zero-order valence-corrected chi connectivity index (χ0v) is 11.9. The molecule has 5 heteroatoms. The van der Waals surface area contributed by atoms with Crippen LogP contribution in [0.15, 0.2) is 41.0 Å². The lowest BCUT2D eigenvalue weighted by atomic mass is 10.2. The molecule has 20 heavy (non-hydrogen) atoms. The van der Waals surface area contributed by atoms with Gasteiger partial charge in [-0.05, 0) is 36.8 Å². The molecule has 0 bridgehead atoms. The van der Waals surface area contributed by atoms with Gasteiger partial charge in [0.25, 0.3) is 5.91 Å². The van der Waals surface area contributed by atoms with Crippen LogP contribution in [0.1, 0.15) is 11.3 Å². The van der Waals surface area contributed by atoms with Gasteiger partial charge in [0.15, 0.2) is 6.61 Å². The van der Waals surface area contributed by atoms with Crippen molar-refractivity contribution in [2.24, 2.45) is 0 Å². The van der Waals surface area contributed by atoms with E-state index in [2.05, 4.69) is 5.32 Å². The number of rotatable bonds is 6. The second-order valence-corrected chi connectivity index (χ2v) is 4.81. The predicted molar refractivity (Wildman–Crippen MR) is 77.1 cm³/mol. The van der Waals surface area contributed by atoms with Gasteiger partial charge < -0.3 is 14.5 Å². The fourth-order valence-corrected chi connectivity index (χ4v) is 1.87. The van der Waals surface area contributed by atoms with Gasteiger partial charge in [0, 0.05) is 13.0 Å². The first-order valence-electron chi connectivity index (χ1n) is 6.33. The topological polar surface area (TPSA) is 51.5 Å². The first-order chi connectivity index (χ1) is 9.65. The standard InChI is InChI=1S/C15H16ClNO3/c1-11-4-5-13(16)14(9-11)20-10-15(18)17-7-6-12-3-2-8-19-12/h2-5,8-9H,6-7,10H2,1H3,(H,17,18). The van der Waals surface area contributed by atoms with Crippen molar-refractivity contribution in [2.45, 2.75) is 13.3 Å². The second-order valence-electron chi connectivity index (χ2n) is 4.40. The largest absolute Gasteiger partial charge is 0.482 e. The molecule has 0 saturated carbocycles. The van der Waals surface area contributed by atoms with Crippen molar-refractivity contribution in [3.63, 3.8) is 0 Å². The molecular formula is C15H16ClNO3. The summed E-state index contributed by atoms with van der Waals surface area (Å²) in [5.74, 6) is 1.18. The van der Waals surface area contributed by atoms with Crippen LogP contribution in [-0.4, -0.2) is 19.1 Å². The van der Waals surface area contributed by atoms with Crippen LogP contribution in [0.25, 0.3) is 0 Å². The average molecular weight is 294 g/mol. The Bertz CT molecular complexity index is 567. The third-order valence-corrected chi connectivity index (χ3v) is 3.03. The van der Waals surface area contributed by atoms with E-state index in [1.165, 1.54) is 0 Å². The second kappa shape index (κ2) is 7.01. The monoisotopic (exact) mass is 293 g/mol. The quantitative estimate of drug-likeness (QED) is 0.891. The molecule has 1 aromatic carbocycles. The first kappa shape index (κ1) is 14.5. The fraction of sp³-hybridized carbons (Fsp3) is 0.267. The molecule has 0 aliphatic carbocycles. The Hall–Kier alpha value is -1.94. The van der Waals surface area contributed by atoms with E-state index in [0.29, 0.717) is 23.7 Å². The van der Waals surface area contributed by atoms with E-state index in [4.69, 9.17) is 20.8 Å². The number of hydrogen-bond acceptors (Lipinski definition) is 3. The van der Waals surface area contributed by atoms with Crippen LogP contribution in [0, 0.1) is 6.92 Å². The van der Waals surface area contributed by atoms with Crippen molar-refractivity contribution in [2.75, 3.05) is 13.2 Å². The SMILES string of the molecule is Cc1ccc(Cl)c(OCC(=O)NCCc2ccco2)c1. The van der Waals surface area contributed by atoms with Gasteiger partial charge in [-0.2, -0.15) is 0 Å². The van der Waals surface area contributed by atoms with Gasteiger partial charge in [0.2, 0.25) is 0 Å². The molecule has 0 saturated heterocycles. The van der Waals surface area contributed by atoms with Gasteiger partial charge in [-0.1, -0.05) is 17.7 Å². The van der Waals surface area contributed by atoms with Crippen LogP contribution in [0.2, 0.25) is 5.02 Å². The molecular weight excluding hydrogens is 278 g/mol. The zero-order chi connectivity index (χ0) is 14.4. The van der Waals surface area contributed by atoms with E-state index in [-0.39, 0.29) is 12.5 Å². The molecule has 2 rings (SSSR count). The van der Waals surface area contributed by atoms with E-state index in [1.807, 2.05) is 25.1 Å². The Kier molecular flexibility index (Phi) is 5.07. The Morgan fingerprint density at radius 2 is 2.25 bits per heavy atom.